The van der Waals surface area contributed by atoms with E-state index in [4.69, 9.17) is 9.47 Å². The van der Waals surface area contributed by atoms with Crippen LogP contribution in [0.4, 0.5) is 11.4 Å². The Bertz CT molecular complexity index is 775. The van der Waals surface area contributed by atoms with Crippen LogP contribution in [0.1, 0.15) is 30.6 Å². The van der Waals surface area contributed by atoms with Crippen molar-refractivity contribution >= 4 is 23.2 Å². The average Bonchev–Trinajstić information content (AvgIpc) is 2.68. The van der Waals surface area contributed by atoms with Gasteiger partial charge in [0.05, 0.1) is 25.6 Å². The molecule has 0 saturated heterocycles. The van der Waals surface area contributed by atoms with Gasteiger partial charge in [-0.05, 0) is 18.6 Å². The Hall–Kier alpha value is -3.02. The molecule has 0 radical (unpaired) electrons. The molecule has 0 spiro atoms. The summed E-state index contributed by atoms with van der Waals surface area (Å²) in [7, 11) is 3.00. The number of carbonyl (C=O) groups excluding carboxylic acids is 2. The second-order valence-corrected chi connectivity index (χ2v) is 5.87. The molecule has 2 amide bonds. The molecule has 2 aromatic carbocycles. The molecule has 6 nitrogen and oxygen atoms in total. The van der Waals surface area contributed by atoms with E-state index in [9.17, 15) is 9.59 Å². The second-order valence-electron chi connectivity index (χ2n) is 5.87. The molecule has 2 aromatic rings. The fraction of sp³-hybridized carbons (Fsp3) is 0.300. The summed E-state index contributed by atoms with van der Waals surface area (Å²) in [5, 5.41) is 5.65. The quantitative estimate of drug-likeness (QED) is 0.788. The van der Waals surface area contributed by atoms with Gasteiger partial charge in [0.2, 0.25) is 5.91 Å². The first kappa shape index (κ1) is 19.3. The Morgan fingerprint density at radius 1 is 0.962 bits per heavy atom. The predicted molar refractivity (Wildman–Crippen MR) is 102 cm³/mol. The second kappa shape index (κ2) is 8.89. The van der Waals surface area contributed by atoms with Gasteiger partial charge in [0.1, 0.15) is 11.5 Å². The molecule has 2 rings (SSSR count). The summed E-state index contributed by atoms with van der Waals surface area (Å²) in [5.41, 5.74) is 1.48. The van der Waals surface area contributed by atoms with Crippen LogP contribution in [0.2, 0.25) is 0 Å². The standard InChI is InChI=1S/C20H24N2O4/c1-5-13(2)19(23)21-15-11-18(26-4)16(12-17(15)25-3)22-20(24)14-9-7-6-8-10-14/h6-13H,5H2,1-4H3,(H,21,23)(H,22,24). The molecule has 0 heterocycles. The maximum atomic E-state index is 12.4. The van der Waals surface area contributed by atoms with E-state index in [2.05, 4.69) is 10.6 Å². The fourth-order valence-corrected chi connectivity index (χ4v) is 2.32. The summed E-state index contributed by atoms with van der Waals surface area (Å²) in [5.74, 6) is 0.375. The molecule has 0 aliphatic carbocycles. The Kier molecular flexibility index (Phi) is 6.60. The lowest BCUT2D eigenvalue weighted by molar-refractivity contribution is -0.119. The molecule has 1 unspecified atom stereocenters. The van der Waals surface area contributed by atoms with Crippen LogP contribution in [0.5, 0.6) is 11.5 Å². The van der Waals surface area contributed by atoms with E-state index in [-0.39, 0.29) is 17.7 Å². The number of hydrogen-bond donors (Lipinski definition) is 2. The smallest absolute Gasteiger partial charge is 0.255 e. The summed E-state index contributed by atoms with van der Waals surface area (Å²) in [6.07, 6.45) is 0.733. The SMILES string of the molecule is CCC(C)C(=O)Nc1cc(OC)c(NC(=O)c2ccccc2)cc1OC. The van der Waals surface area contributed by atoms with Gasteiger partial charge in [0.25, 0.3) is 5.91 Å². The van der Waals surface area contributed by atoms with Gasteiger partial charge in [0, 0.05) is 23.6 Å². The zero-order valence-corrected chi connectivity index (χ0v) is 15.5. The zero-order valence-electron chi connectivity index (χ0n) is 15.5. The lowest BCUT2D eigenvalue weighted by Crippen LogP contribution is -2.20. The van der Waals surface area contributed by atoms with E-state index < -0.39 is 0 Å². The van der Waals surface area contributed by atoms with Crippen molar-refractivity contribution in [2.24, 2.45) is 5.92 Å². The summed E-state index contributed by atoms with van der Waals surface area (Å²) >= 11 is 0. The van der Waals surface area contributed by atoms with Crippen molar-refractivity contribution in [1.29, 1.82) is 0 Å². The van der Waals surface area contributed by atoms with Gasteiger partial charge in [-0.25, -0.2) is 0 Å². The normalized spacial score (nSPS) is 11.4. The van der Waals surface area contributed by atoms with E-state index >= 15 is 0 Å². The summed E-state index contributed by atoms with van der Waals surface area (Å²) < 4.78 is 10.7. The molecule has 1 atom stereocenters. The van der Waals surface area contributed by atoms with Gasteiger partial charge in [-0.2, -0.15) is 0 Å². The van der Waals surface area contributed by atoms with Crippen LogP contribution in [0.15, 0.2) is 42.5 Å². The number of ether oxygens (including phenoxy) is 2. The lowest BCUT2D eigenvalue weighted by atomic mass is 10.1. The van der Waals surface area contributed by atoms with Crippen molar-refractivity contribution in [3.63, 3.8) is 0 Å². The molecular formula is C20H24N2O4. The van der Waals surface area contributed by atoms with Crippen molar-refractivity contribution < 1.29 is 19.1 Å². The molecule has 0 saturated carbocycles. The number of methoxy groups -OCH3 is 2. The lowest BCUT2D eigenvalue weighted by Gasteiger charge is -2.17. The minimum atomic E-state index is -0.262. The highest BCUT2D eigenvalue weighted by Crippen LogP contribution is 2.37. The van der Waals surface area contributed by atoms with Gasteiger partial charge >= 0.3 is 0 Å². The van der Waals surface area contributed by atoms with E-state index in [1.54, 1.807) is 36.4 Å². The molecular weight excluding hydrogens is 332 g/mol. The van der Waals surface area contributed by atoms with E-state index in [0.717, 1.165) is 6.42 Å². The van der Waals surface area contributed by atoms with Gasteiger partial charge in [-0.3, -0.25) is 9.59 Å². The molecule has 0 aliphatic rings. The molecule has 0 fully saturated rings. The summed E-state index contributed by atoms with van der Waals surface area (Å²) in [6.45, 7) is 3.80. The minimum absolute atomic E-state index is 0.103. The van der Waals surface area contributed by atoms with Crippen LogP contribution in [-0.4, -0.2) is 26.0 Å². The number of benzene rings is 2. The van der Waals surface area contributed by atoms with Crippen LogP contribution in [0.3, 0.4) is 0 Å². The highest BCUT2D eigenvalue weighted by molar-refractivity contribution is 6.05. The van der Waals surface area contributed by atoms with Crippen LogP contribution in [-0.2, 0) is 4.79 Å². The fourth-order valence-electron chi connectivity index (χ4n) is 2.32. The molecule has 0 aliphatic heterocycles. The van der Waals surface area contributed by atoms with Gasteiger partial charge in [-0.1, -0.05) is 32.0 Å². The Balaban J connectivity index is 2.30. The van der Waals surface area contributed by atoms with Gasteiger partial charge in [0.15, 0.2) is 0 Å². The third-order valence-corrected chi connectivity index (χ3v) is 4.12. The van der Waals surface area contributed by atoms with Crippen molar-refractivity contribution in [3.8, 4) is 11.5 Å². The zero-order chi connectivity index (χ0) is 19.1. The highest BCUT2D eigenvalue weighted by Gasteiger charge is 2.18. The summed E-state index contributed by atoms with van der Waals surface area (Å²) in [4.78, 5) is 24.6. The first-order chi connectivity index (χ1) is 12.5. The Morgan fingerprint density at radius 2 is 1.50 bits per heavy atom. The number of carbonyl (C=O) groups is 2. The molecule has 0 aromatic heterocycles. The first-order valence-corrected chi connectivity index (χ1v) is 8.43. The highest BCUT2D eigenvalue weighted by atomic mass is 16.5. The number of amides is 2. The molecule has 2 N–H and O–H groups in total. The maximum absolute atomic E-state index is 12.4. The maximum Gasteiger partial charge on any atom is 0.255 e. The minimum Gasteiger partial charge on any atom is -0.494 e. The van der Waals surface area contributed by atoms with E-state index in [1.807, 2.05) is 19.9 Å². The van der Waals surface area contributed by atoms with Gasteiger partial charge in [-0.15, -0.1) is 0 Å². The topological polar surface area (TPSA) is 76.7 Å². The predicted octanol–water partition coefficient (Wildman–Crippen LogP) is 3.94. The first-order valence-electron chi connectivity index (χ1n) is 8.43. The summed E-state index contributed by atoms with van der Waals surface area (Å²) in [6, 6.07) is 12.1. The monoisotopic (exact) mass is 356 g/mol. The average molecular weight is 356 g/mol. The van der Waals surface area contributed by atoms with Crippen LogP contribution < -0.4 is 20.1 Å². The molecule has 138 valence electrons. The van der Waals surface area contributed by atoms with Gasteiger partial charge < -0.3 is 20.1 Å². The van der Waals surface area contributed by atoms with Crippen molar-refractivity contribution in [1.82, 2.24) is 0 Å². The third kappa shape index (κ3) is 4.53. The van der Waals surface area contributed by atoms with Crippen molar-refractivity contribution in [2.45, 2.75) is 20.3 Å². The molecule has 0 bridgehead atoms. The Labute approximate surface area is 153 Å². The van der Waals surface area contributed by atoms with Crippen molar-refractivity contribution in [2.75, 3.05) is 24.9 Å². The number of anilines is 2. The van der Waals surface area contributed by atoms with Crippen LogP contribution in [0, 0.1) is 5.92 Å². The van der Waals surface area contributed by atoms with Crippen LogP contribution >= 0.6 is 0 Å². The third-order valence-electron chi connectivity index (χ3n) is 4.12. The largest absolute Gasteiger partial charge is 0.494 e. The number of hydrogen-bond acceptors (Lipinski definition) is 4. The molecule has 26 heavy (non-hydrogen) atoms. The van der Waals surface area contributed by atoms with Crippen molar-refractivity contribution in [3.05, 3.63) is 48.0 Å². The van der Waals surface area contributed by atoms with Crippen LogP contribution in [0.25, 0.3) is 0 Å². The number of rotatable bonds is 7. The number of nitrogens with one attached hydrogen (secondary N) is 2. The van der Waals surface area contributed by atoms with E-state index in [1.165, 1.54) is 14.2 Å². The van der Waals surface area contributed by atoms with E-state index in [0.29, 0.717) is 28.4 Å². The molecule has 6 heteroatoms. The Morgan fingerprint density at radius 3 is 2.00 bits per heavy atom.